The summed E-state index contributed by atoms with van der Waals surface area (Å²) in [6, 6.07) is 4.88. The van der Waals surface area contributed by atoms with Crippen LogP contribution in [0.15, 0.2) is 24.5 Å². The molecular formula is C12H19N3. The van der Waals surface area contributed by atoms with E-state index in [1.165, 1.54) is 24.8 Å². The number of nitrogens with two attached hydrogens (primary N) is 1. The van der Waals surface area contributed by atoms with Gasteiger partial charge in [0.05, 0.1) is 0 Å². The van der Waals surface area contributed by atoms with E-state index >= 15 is 0 Å². The standard InChI is InChI=1S/C12H19N3/c13-11-5-1-2-6-12(11)15-9-10-4-3-7-14-8-10/h3-4,7-8,11-12,15H,1-2,5-6,9,13H2/t11-,12-/m1/s1. The first-order valence-electron chi connectivity index (χ1n) is 5.74. The van der Waals surface area contributed by atoms with Gasteiger partial charge >= 0.3 is 0 Å². The summed E-state index contributed by atoms with van der Waals surface area (Å²) in [7, 11) is 0. The summed E-state index contributed by atoms with van der Waals surface area (Å²) in [5.74, 6) is 0. The van der Waals surface area contributed by atoms with Crippen LogP contribution in [0.1, 0.15) is 31.2 Å². The Bertz CT molecular complexity index is 286. The molecular weight excluding hydrogens is 186 g/mol. The molecule has 0 spiro atoms. The highest BCUT2D eigenvalue weighted by atomic mass is 15.0. The molecule has 2 rings (SSSR count). The molecule has 15 heavy (non-hydrogen) atoms. The number of rotatable bonds is 3. The van der Waals surface area contributed by atoms with Crippen molar-refractivity contribution in [1.82, 2.24) is 10.3 Å². The second kappa shape index (κ2) is 5.24. The van der Waals surface area contributed by atoms with Gasteiger partial charge in [-0.2, -0.15) is 0 Å². The fourth-order valence-electron chi connectivity index (χ4n) is 2.16. The quantitative estimate of drug-likeness (QED) is 0.785. The Morgan fingerprint density at radius 3 is 3.00 bits per heavy atom. The van der Waals surface area contributed by atoms with Gasteiger partial charge in [-0.1, -0.05) is 18.9 Å². The molecule has 1 heterocycles. The van der Waals surface area contributed by atoms with E-state index < -0.39 is 0 Å². The number of nitrogens with zero attached hydrogens (tertiary/aromatic N) is 1. The molecule has 1 saturated carbocycles. The molecule has 0 aliphatic heterocycles. The molecule has 0 amide bonds. The Balaban J connectivity index is 1.82. The molecule has 82 valence electrons. The van der Waals surface area contributed by atoms with E-state index in [1.54, 1.807) is 6.20 Å². The molecule has 3 heteroatoms. The summed E-state index contributed by atoms with van der Waals surface area (Å²) in [6.07, 6.45) is 8.66. The third-order valence-corrected chi connectivity index (χ3v) is 3.11. The summed E-state index contributed by atoms with van der Waals surface area (Å²) in [5.41, 5.74) is 7.30. The summed E-state index contributed by atoms with van der Waals surface area (Å²) in [4.78, 5) is 4.10. The minimum Gasteiger partial charge on any atom is -0.326 e. The van der Waals surface area contributed by atoms with Crippen LogP contribution in [0.5, 0.6) is 0 Å². The fraction of sp³-hybridized carbons (Fsp3) is 0.583. The normalized spacial score (nSPS) is 26.5. The highest BCUT2D eigenvalue weighted by molar-refractivity contribution is 5.08. The van der Waals surface area contributed by atoms with Crippen LogP contribution in [0.3, 0.4) is 0 Å². The molecule has 0 bridgehead atoms. The zero-order valence-corrected chi connectivity index (χ0v) is 9.02. The van der Waals surface area contributed by atoms with Gasteiger partial charge in [0, 0.05) is 31.0 Å². The Hall–Kier alpha value is -0.930. The molecule has 3 N–H and O–H groups in total. The smallest absolute Gasteiger partial charge is 0.0312 e. The van der Waals surface area contributed by atoms with E-state index in [2.05, 4.69) is 16.4 Å². The molecule has 0 unspecified atom stereocenters. The van der Waals surface area contributed by atoms with Crippen molar-refractivity contribution in [3.05, 3.63) is 30.1 Å². The molecule has 1 aliphatic carbocycles. The molecule has 0 radical (unpaired) electrons. The highest BCUT2D eigenvalue weighted by Crippen LogP contribution is 2.17. The fourth-order valence-corrected chi connectivity index (χ4v) is 2.16. The first-order chi connectivity index (χ1) is 7.36. The predicted molar refractivity (Wildman–Crippen MR) is 61.3 cm³/mol. The lowest BCUT2D eigenvalue weighted by Gasteiger charge is -2.29. The Morgan fingerprint density at radius 1 is 1.40 bits per heavy atom. The average molecular weight is 205 g/mol. The SMILES string of the molecule is N[C@@H]1CCCC[C@H]1NCc1cccnc1. The lowest BCUT2D eigenvalue weighted by Crippen LogP contribution is -2.46. The van der Waals surface area contributed by atoms with E-state index in [0.717, 1.165) is 13.0 Å². The molecule has 1 aromatic heterocycles. The summed E-state index contributed by atoms with van der Waals surface area (Å²) in [6.45, 7) is 0.881. The summed E-state index contributed by atoms with van der Waals surface area (Å²) < 4.78 is 0. The van der Waals surface area contributed by atoms with Gasteiger partial charge in [-0.05, 0) is 24.5 Å². The van der Waals surface area contributed by atoms with Gasteiger partial charge in [-0.3, -0.25) is 4.98 Å². The van der Waals surface area contributed by atoms with Crippen LogP contribution >= 0.6 is 0 Å². The average Bonchev–Trinajstić information content (AvgIpc) is 2.29. The third kappa shape index (κ3) is 3.01. The van der Waals surface area contributed by atoms with Crippen LogP contribution < -0.4 is 11.1 Å². The second-order valence-corrected chi connectivity index (χ2v) is 4.30. The maximum absolute atomic E-state index is 6.07. The van der Waals surface area contributed by atoms with Crippen LogP contribution in [0.2, 0.25) is 0 Å². The van der Waals surface area contributed by atoms with Gasteiger partial charge in [0.15, 0.2) is 0 Å². The zero-order valence-electron chi connectivity index (χ0n) is 9.02. The molecule has 1 fully saturated rings. The number of nitrogens with one attached hydrogen (secondary N) is 1. The molecule has 2 atom stereocenters. The van der Waals surface area contributed by atoms with Crippen molar-refractivity contribution in [2.45, 2.75) is 44.3 Å². The first kappa shape index (κ1) is 10.6. The number of hydrogen-bond acceptors (Lipinski definition) is 3. The largest absolute Gasteiger partial charge is 0.326 e. The first-order valence-corrected chi connectivity index (χ1v) is 5.74. The van der Waals surface area contributed by atoms with E-state index in [9.17, 15) is 0 Å². The predicted octanol–water partition coefficient (Wildman–Crippen LogP) is 1.44. The number of pyridine rings is 1. The van der Waals surface area contributed by atoms with Crippen molar-refractivity contribution in [2.75, 3.05) is 0 Å². The monoisotopic (exact) mass is 205 g/mol. The van der Waals surface area contributed by atoms with Crippen molar-refractivity contribution < 1.29 is 0 Å². The van der Waals surface area contributed by atoms with Crippen LogP contribution in [-0.2, 0) is 6.54 Å². The van der Waals surface area contributed by atoms with Crippen molar-refractivity contribution in [3.63, 3.8) is 0 Å². The van der Waals surface area contributed by atoms with Gasteiger partial charge < -0.3 is 11.1 Å². The van der Waals surface area contributed by atoms with Gasteiger partial charge in [-0.15, -0.1) is 0 Å². The van der Waals surface area contributed by atoms with Gasteiger partial charge in [0.1, 0.15) is 0 Å². The third-order valence-electron chi connectivity index (χ3n) is 3.11. The van der Waals surface area contributed by atoms with Crippen molar-refractivity contribution >= 4 is 0 Å². The van der Waals surface area contributed by atoms with E-state index in [4.69, 9.17) is 5.73 Å². The van der Waals surface area contributed by atoms with Crippen molar-refractivity contribution in [1.29, 1.82) is 0 Å². The molecule has 0 saturated heterocycles. The number of hydrogen-bond donors (Lipinski definition) is 2. The van der Waals surface area contributed by atoms with Crippen LogP contribution in [0.4, 0.5) is 0 Å². The summed E-state index contributed by atoms with van der Waals surface area (Å²) >= 11 is 0. The Labute approximate surface area is 91.1 Å². The topological polar surface area (TPSA) is 50.9 Å². The van der Waals surface area contributed by atoms with E-state index in [0.29, 0.717) is 12.1 Å². The van der Waals surface area contributed by atoms with Crippen LogP contribution in [0, 0.1) is 0 Å². The molecule has 1 aliphatic rings. The lowest BCUT2D eigenvalue weighted by molar-refractivity contribution is 0.326. The van der Waals surface area contributed by atoms with Gasteiger partial charge in [-0.25, -0.2) is 0 Å². The van der Waals surface area contributed by atoms with Gasteiger partial charge in [0.2, 0.25) is 0 Å². The Kier molecular flexibility index (Phi) is 3.69. The number of aromatic nitrogens is 1. The molecule has 1 aromatic rings. The van der Waals surface area contributed by atoms with E-state index in [-0.39, 0.29) is 0 Å². The molecule has 0 aromatic carbocycles. The minimum absolute atomic E-state index is 0.329. The zero-order chi connectivity index (χ0) is 10.5. The molecule has 3 nitrogen and oxygen atoms in total. The van der Waals surface area contributed by atoms with Crippen molar-refractivity contribution in [2.24, 2.45) is 5.73 Å². The van der Waals surface area contributed by atoms with Gasteiger partial charge in [0.25, 0.3) is 0 Å². The van der Waals surface area contributed by atoms with Crippen LogP contribution in [0.25, 0.3) is 0 Å². The summed E-state index contributed by atoms with van der Waals surface area (Å²) in [5, 5.41) is 3.52. The maximum atomic E-state index is 6.07. The Morgan fingerprint density at radius 2 is 2.27 bits per heavy atom. The minimum atomic E-state index is 0.329. The highest BCUT2D eigenvalue weighted by Gasteiger charge is 2.20. The van der Waals surface area contributed by atoms with E-state index in [1.807, 2.05) is 12.3 Å². The second-order valence-electron chi connectivity index (χ2n) is 4.30. The lowest BCUT2D eigenvalue weighted by atomic mass is 9.91. The maximum Gasteiger partial charge on any atom is 0.0312 e. The van der Waals surface area contributed by atoms with Crippen LogP contribution in [-0.4, -0.2) is 17.1 Å². The van der Waals surface area contributed by atoms with Crippen molar-refractivity contribution in [3.8, 4) is 0 Å².